The van der Waals surface area contributed by atoms with Crippen molar-refractivity contribution in [3.8, 4) is 0 Å². The predicted octanol–water partition coefficient (Wildman–Crippen LogP) is 4.47. The highest BCUT2D eigenvalue weighted by Gasteiger charge is 2.40. The predicted molar refractivity (Wildman–Crippen MR) is 123 cm³/mol. The zero-order valence-corrected chi connectivity index (χ0v) is 18.4. The normalized spacial score (nSPS) is 17.1. The number of hydrogen-bond donors (Lipinski definition) is 0. The van der Waals surface area contributed by atoms with Crippen LogP contribution in [-0.2, 0) is 0 Å². The van der Waals surface area contributed by atoms with Gasteiger partial charge >= 0.3 is 0 Å². The maximum Gasteiger partial charge on any atom is 0.0505 e. The molecule has 0 amide bonds. The summed E-state index contributed by atoms with van der Waals surface area (Å²) in [5.74, 6) is 1.45. The van der Waals surface area contributed by atoms with Gasteiger partial charge in [0.1, 0.15) is 0 Å². The molecule has 0 saturated heterocycles. The fourth-order valence-corrected chi connectivity index (χ4v) is 6.21. The van der Waals surface area contributed by atoms with Gasteiger partial charge in [-0.3, -0.25) is 9.80 Å². The topological polar surface area (TPSA) is 6.48 Å². The Labute approximate surface area is 173 Å². The van der Waals surface area contributed by atoms with E-state index in [2.05, 4.69) is 118 Å². The maximum absolute atomic E-state index is 2.47. The molecule has 1 aliphatic carbocycles. The van der Waals surface area contributed by atoms with E-state index in [0.717, 1.165) is 19.8 Å². The number of rotatable bonds is 9. The summed E-state index contributed by atoms with van der Waals surface area (Å²) < 4.78 is 0. The van der Waals surface area contributed by atoms with Crippen molar-refractivity contribution in [3.63, 3.8) is 0 Å². The van der Waals surface area contributed by atoms with Crippen LogP contribution in [0.1, 0.15) is 20.8 Å². The van der Waals surface area contributed by atoms with E-state index in [1.54, 1.807) is 0 Å². The fraction of sp³-hybridized carbons (Fsp3) is 0.320. The molecule has 2 nitrogen and oxygen atoms in total. The second-order valence-corrected chi connectivity index (χ2v) is 9.44. The van der Waals surface area contributed by atoms with Crippen molar-refractivity contribution in [1.82, 2.24) is 9.80 Å². The summed E-state index contributed by atoms with van der Waals surface area (Å²) >= 11 is 0. The number of hydrogen-bond acceptors (Lipinski definition) is 2. The van der Waals surface area contributed by atoms with Crippen molar-refractivity contribution < 1.29 is 0 Å². The van der Waals surface area contributed by atoms with Crippen LogP contribution in [0.2, 0.25) is 0 Å². The minimum Gasteiger partial charge on any atom is -0.291 e. The molecule has 5 radical (unpaired) electrons. The van der Waals surface area contributed by atoms with Gasteiger partial charge in [0.15, 0.2) is 0 Å². The van der Waals surface area contributed by atoms with Crippen LogP contribution in [0.3, 0.4) is 0 Å². The third kappa shape index (κ3) is 5.03. The molecule has 0 N–H and O–H groups in total. The summed E-state index contributed by atoms with van der Waals surface area (Å²) in [6, 6.07) is 22.3. The fourth-order valence-electron chi connectivity index (χ4n) is 3.66. The van der Waals surface area contributed by atoms with E-state index in [1.807, 2.05) is 0 Å². The van der Waals surface area contributed by atoms with E-state index in [0.29, 0.717) is 6.04 Å². The summed E-state index contributed by atoms with van der Waals surface area (Å²) in [4.78, 5) is 4.94. The van der Waals surface area contributed by atoms with Crippen LogP contribution in [0.15, 0.2) is 60.7 Å². The third-order valence-electron chi connectivity index (χ3n) is 5.52. The first-order valence-corrected chi connectivity index (χ1v) is 11.6. The molecular weight excluding hydrogens is 359 g/mol. The summed E-state index contributed by atoms with van der Waals surface area (Å²) in [7, 11) is 1.69. The molecule has 1 saturated carbocycles. The summed E-state index contributed by atoms with van der Waals surface area (Å²) in [5, 5.41) is 2.82. The van der Waals surface area contributed by atoms with Crippen LogP contribution in [0.25, 0.3) is 0 Å². The lowest BCUT2D eigenvalue weighted by Gasteiger charge is -2.38. The van der Waals surface area contributed by atoms with Gasteiger partial charge in [0, 0.05) is 17.6 Å². The van der Waals surface area contributed by atoms with Crippen molar-refractivity contribution in [1.29, 1.82) is 0 Å². The first-order chi connectivity index (χ1) is 13.7. The molecular formula is C25H32N2P. The van der Waals surface area contributed by atoms with Gasteiger partial charge < -0.3 is 0 Å². The van der Waals surface area contributed by atoms with Crippen LogP contribution >= 0.6 is 7.92 Å². The highest BCUT2D eigenvalue weighted by molar-refractivity contribution is 7.76. The highest BCUT2D eigenvalue weighted by Crippen LogP contribution is 2.57. The van der Waals surface area contributed by atoms with Gasteiger partial charge in [-0.1, -0.05) is 74.5 Å². The van der Waals surface area contributed by atoms with Gasteiger partial charge in [0.2, 0.25) is 0 Å². The molecule has 2 aromatic rings. The van der Waals surface area contributed by atoms with E-state index in [4.69, 9.17) is 0 Å². The molecule has 0 heterocycles. The van der Waals surface area contributed by atoms with Gasteiger partial charge in [0.05, 0.1) is 6.67 Å². The van der Waals surface area contributed by atoms with Crippen molar-refractivity contribution >= 4 is 18.5 Å². The molecule has 1 aliphatic rings. The molecule has 0 bridgehead atoms. The van der Waals surface area contributed by atoms with E-state index in [1.165, 1.54) is 22.2 Å². The van der Waals surface area contributed by atoms with Gasteiger partial charge in [-0.2, -0.15) is 0 Å². The summed E-state index contributed by atoms with van der Waals surface area (Å²) in [5.41, 5.74) is 1.48. The second kappa shape index (κ2) is 10.5. The minimum atomic E-state index is -0.555. The first-order valence-electron chi connectivity index (χ1n) is 10.2. The Hall–Kier alpha value is -1.21. The molecule has 1 fully saturated rings. The average Bonchev–Trinajstić information content (AvgIpc) is 3.22. The molecule has 3 rings (SSSR count). The van der Waals surface area contributed by atoms with E-state index in [9.17, 15) is 0 Å². The SMILES string of the molecule is CCN(CC)CN(C)[C@H](C)[C]1[CH][CH][CH][C]1P(c1ccccc1)c1ccccc1. The molecule has 1 atom stereocenters. The van der Waals surface area contributed by atoms with Crippen LogP contribution in [0, 0.1) is 30.8 Å². The number of nitrogens with zero attached hydrogens (tertiary/aromatic N) is 2. The summed E-state index contributed by atoms with van der Waals surface area (Å²) in [6.45, 7) is 9.98. The van der Waals surface area contributed by atoms with Crippen LogP contribution in [0.4, 0.5) is 0 Å². The van der Waals surface area contributed by atoms with Gasteiger partial charge in [0.25, 0.3) is 0 Å². The smallest absolute Gasteiger partial charge is 0.0505 e. The van der Waals surface area contributed by atoms with E-state index >= 15 is 0 Å². The Kier molecular flexibility index (Phi) is 8.09. The molecule has 147 valence electrons. The van der Waals surface area contributed by atoms with Crippen LogP contribution in [0.5, 0.6) is 0 Å². The van der Waals surface area contributed by atoms with Crippen molar-refractivity contribution in [3.05, 3.63) is 91.5 Å². The Morgan fingerprint density at radius 1 is 0.821 bits per heavy atom. The molecule has 3 heteroatoms. The van der Waals surface area contributed by atoms with E-state index < -0.39 is 7.92 Å². The zero-order valence-electron chi connectivity index (χ0n) is 17.5. The van der Waals surface area contributed by atoms with Crippen LogP contribution in [-0.4, -0.2) is 42.6 Å². The second-order valence-electron chi connectivity index (χ2n) is 7.25. The number of benzene rings is 2. The Morgan fingerprint density at radius 2 is 1.36 bits per heavy atom. The molecule has 0 aromatic heterocycles. The maximum atomic E-state index is 2.47. The molecule has 0 unspecified atom stereocenters. The highest BCUT2D eigenvalue weighted by atomic mass is 31.1. The summed E-state index contributed by atoms with van der Waals surface area (Å²) in [6.07, 6.45) is 6.89. The Morgan fingerprint density at radius 3 is 1.86 bits per heavy atom. The Bertz CT molecular complexity index is 647. The quantitative estimate of drug-likeness (QED) is 0.460. The van der Waals surface area contributed by atoms with Gasteiger partial charge in [-0.15, -0.1) is 0 Å². The minimum absolute atomic E-state index is 0.378. The van der Waals surface area contributed by atoms with Gasteiger partial charge in [-0.05, 0) is 64.9 Å². The van der Waals surface area contributed by atoms with Crippen molar-refractivity contribution in [2.75, 3.05) is 26.8 Å². The zero-order chi connectivity index (χ0) is 19.9. The largest absolute Gasteiger partial charge is 0.291 e. The lowest BCUT2D eigenvalue weighted by atomic mass is 9.98. The lowest BCUT2D eigenvalue weighted by molar-refractivity contribution is 0.141. The van der Waals surface area contributed by atoms with Gasteiger partial charge in [-0.25, -0.2) is 0 Å². The molecule has 2 aromatic carbocycles. The van der Waals surface area contributed by atoms with Crippen LogP contribution < -0.4 is 10.6 Å². The lowest BCUT2D eigenvalue weighted by Crippen LogP contribution is -2.43. The standard InChI is InChI=1S/C25H32N2P/c1-5-27(6-2)20-26(4)21(3)24-18-13-19-25(24)28(22-14-9-7-10-15-22)23-16-11-8-12-17-23/h7-19,21H,5-6,20H2,1-4H3/t21-/m1/s1. The van der Waals surface area contributed by atoms with Crippen molar-refractivity contribution in [2.45, 2.75) is 26.8 Å². The van der Waals surface area contributed by atoms with Crippen molar-refractivity contribution in [2.24, 2.45) is 0 Å². The molecule has 28 heavy (non-hydrogen) atoms. The molecule has 0 aliphatic heterocycles. The third-order valence-corrected chi connectivity index (χ3v) is 8.04. The van der Waals surface area contributed by atoms with E-state index in [-0.39, 0.29) is 0 Å². The average molecular weight is 392 g/mol. The first kappa shape index (κ1) is 21.5. The monoisotopic (exact) mass is 391 g/mol. The Balaban J connectivity index is 1.85. The molecule has 0 spiro atoms.